The first kappa shape index (κ1) is 23.1. The summed E-state index contributed by atoms with van der Waals surface area (Å²) < 4.78 is 15.4. The quantitative estimate of drug-likeness (QED) is 0.368. The highest BCUT2D eigenvalue weighted by Gasteiger charge is 2.19. The number of rotatable bonds is 8. The largest absolute Gasteiger partial charge is 0.493 e. The molecule has 2 amide bonds. The molecule has 2 N–H and O–H groups in total. The standard InChI is InChI=1S/C20H21N3O8/c1-4-30-16-7-6-12(11-17(16)29-3)18(24)21-22-19(25)13-8-14(20(26)31-5-2)10-15(9-13)23(27)28/h6-11H,4-5H2,1-3H3,(H,21,24)(H,22,25). The highest BCUT2D eigenvalue weighted by molar-refractivity contribution is 6.01. The van der Waals surface area contributed by atoms with Crippen molar-refractivity contribution in [2.24, 2.45) is 0 Å². The molecule has 0 bridgehead atoms. The van der Waals surface area contributed by atoms with Crippen molar-refractivity contribution >= 4 is 23.5 Å². The van der Waals surface area contributed by atoms with Crippen molar-refractivity contribution in [3.63, 3.8) is 0 Å². The van der Waals surface area contributed by atoms with Gasteiger partial charge in [-0.25, -0.2) is 4.79 Å². The average Bonchev–Trinajstić information content (AvgIpc) is 2.77. The molecular formula is C20H21N3O8. The number of nitro groups is 1. The van der Waals surface area contributed by atoms with E-state index in [4.69, 9.17) is 14.2 Å². The van der Waals surface area contributed by atoms with Gasteiger partial charge in [0.15, 0.2) is 11.5 Å². The zero-order valence-corrected chi connectivity index (χ0v) is 17.1. The number of amides is 2. The van der Waals surface area contributed by atoms with Crippen molar-refractivity contribution in [1.82, 2.24) is 10.9 Å². The summed E-state index contributed by atoms with van der Waals surface area (Å²) in [5, 5.41) is 11.1. The third-order valence-corrected chi connectivity index (χ3v) is 3.92. The number of nitrogens with one attached hydrogen (secondary N) is 2. The summed E-state index contributed by atoms with van der Waals surface area (Å²) in [5.74, 6) is -1.55. The number of nitrogens with zero attached hydrogens (tertiary/aromatic N) is 1. The maximum atomic E-state index is 12.4. The van der Waals surface area contributed by atoms with Crippen LogP contribution in [0.3, 0.4) is 0 Å². The van der Waals surface area contributed by atoms with Gasteiger partial charge >= 0.3 is 5.97 Å². The number of carbonyl (C=O) groups excluding carboxylic acids is 3. The summed E-state index contributed by atoms with van der Waals surface area (Å²) in [6.07, 6.45) is 0. The summed E-state index contributed by atoms with van der Waals surface area (Å²) >= 11 is 0. The molecular weight excluding hydrogens is 410 g/mol. The second-order valence-corrected chi connectivity index (χ2v) is 5.95. The SMILES string of the molecule is CCOC(=O)c1cc(C(=O)NNC(=O)c2ccc(OCC)c(OC)c2)cc([N+](=O)[O-])c1. The van der Waals surface area contributed by atoms with Gasteiger partial charge in [-0.2, -0.15) is 0 Å². The van der Waals surface area contributed by atoms with Crippen molar-refractivity contribution < 1.29 is 33.5 Å². The Bertz CT molecular complexity index is 1010. The Morgan fingerprint density at radius 3 is 2.13 bits per heavy atom. The topological polar surface area (TPSA) is 146 Å². The van der Waals surface area contributed by atoms with Gasteiger partial charge in [0.05, 0.1) is 30.8 Å². The summed E-state index contributed by atoms with van der Waals surface area (Å²) in [6, 6.07) is 7.56. The molecule has 0 aliphatic heterocycles. The third kappa shape index (κ3) is 5.92. The van der Waals surface area contributed by atoms with Gasteiger partial charge < -0.3 is 14.2 Å². The smallest absolute Gasteiger partial charge is 0.338 e. The van der Waals surface area contributed by atoms with Crippen LogP contribution in [-0.2, 0) is 4.74 Å². The molecule has 2 aromatic carbocycles. The number of benzene rings is 2. The van der Waals surface area contributed by atoms with E-state index in [0.717, 1.165) is 18.2 Å². The minimum Gasteiger partial charge on any atom is -0.493 e. The van der Waals surface area contributed by atoms with Crippen molar-refractivity contribution in [3.05, 3.63) is 63.2 Å². The molecule has 0 aromatic heterocycles. The highest BCUT2D eigenvalue weighted by Crippen LogP contribution is 2.28. The van der Waals surface area contributed by atoms with E-state index in [2.05, 4.69) is 10.9 Å². The second-order valence-electron chi connectivity index (χ2n) is 5.95. The van der Waals surface area contributed by atoms with Crippen LogP contribution >= 0.6 is 0 Å². The van der Waals surface area contributed by atoms with Gasteiger partial charge in [0.2, 0.25) is 0 Å². The average molecular weight is 431 g/mol. The van der Waals surface area contributed by atoms with Crippen LogP contribution in [0.25, 0.3) is 0 Å². The molecule has 0 aliphatic carbocycles. The van der Waals surface area contributed by atoms with E-state index >= 15 is 0 Å². The van der Waals surface area contributed by atoms with Gasteiger partial charge in [0.1, 0.15) is 0 Å². The predicted octanol–water partition coefficient (Wildman–Crippen LogP) is 2.25. The summed E-state index contributed by atoms with van der Waals surface area (Å²) in [6.45, 7) is 3.85. The van der Waals surface area contributed by atoms with Crippen LogP contribution < -0.4 is 20.3 Å². The van der Waals surface area contributed by atoms with Gasteiger partial charge in [0.25, 0.3) is 17.5 Å². The number of ether oxygens (including phenoxy) is 3. The third-order valence-electron chi connectivity index (χ3n) is 3.92. The fraction of sp³-hybridized carbons (Fsp3) is 0.250. The van der Waals surface area contributed by atoms with E-state index in [-0.39, 0.29) is 23.3 Å². The van der Waals surface area contributed by atoms with Crippen molar-refractivity contribution in [3.8, 4) is 11.5 Å². The molecule has 0 fully saturated rings. The fourth-order valence-corrected chi connectivity index (χ4v) is 2.52. The van der Waals surface area contributed by atoms with E-state index in [9.17, 15) is 24.5 Å². The minimum atomic E-state index is -0.861. The lowest BCUT2D eigenvalue weighted by Crippen LogP contribution is -2.41. The molecule has 2 rings (SSSR count). The summed E-state index contributed by atoms with van der Waals surface area (Å²) in [5.41, 5.74) is 3.68. The number of methoxy groups -OCH3 is 1. The monoisotopic (exact) mass is 431 g/mol. The molecule has 0 heterocycles. The second kappa shape index (κ2) is 10.6. The van der Waals surface area contributed by atoms with E-state index in [1.54, 1.807) is 19.9 Å². The molecule has 11 heteroatoms. The van der Waals surface area contributed by atoms with Gasteiger partial charge in [-0.1, -0.05) is 0 Å². The van der Waals surface area contributed by atoms with Crippen LogP contribution in [0.1, 0.15) is 44.9 Å². The van der Waals surface area contributed by atoms with E-state index in [1.807, 2.05) is 0 Å². The Balaban J connectivity index is 2.17. The zero-order valence-electron chi connectivity index (χ0n) is 17.1. The normalized spacial score (nSPS) is 10.0. The maximum absolute atomic E-state index is 12.4. The zero-order chi connectivity index (χ0) is 23.0. The van der Waals surface area contributed by atoms with E-state index < -0.39 is 28.4 Å². The van der Waals surface area contributed by atoms with Crippen molar-refractivity contribution in [1.29, 1.82) is 0 Å². The Morgan fingerprint density at radius 1 is 0.903 bits per heavy atom. The molecule has 2 aromatic rings. The Kier molecular flexibility index (Phi) is 7.89. The number of hydrogen-bond donors (Lipinski definition) is 2. The van der Waals surface area contributed by atoms with Crippen molar-refractivity contribution in [2.45, 2.75) is 13.8 Å². The van der Waals surface area contributed by atoms with Crippen LogP contribution in [0, 0.1) is 10.1 Å². The lowest BCUT2D eigenvalue weighted by molar-refractivity contribution is -0.384. The predicted molar refractivity (Wildman–Crippen MR) is 108 cm³/mol. The first-order valence-electron chi connectivity index (χ1n) is 9.18. The lowest BCUT2D eigenvalue weighted by Gasteiger charge is -2.12. The van der Waals surface area contributed by atoms with E-state index in [1.165, 1.54) is 19.2 Å². The number of hydrogen-bond acceptors (Lipinski definition) is 8. The number of esters is 1. The minimum absolute atomic E-state index is 0.0602. The lowest BCUT2D eigenvalue weighted by atomic mass is 10.1. The molecule has 164 valence electrons. The number of hydrazine groups is 1. The van der Waals surface area contributed by atoms with Crippen LogP contribution in [-0.4, -0.2) is 43.0 Å². The number of nitro benzene ring substituents is 1. The molecule has 0 saturated heterocycles. The Morgan fingerprint density at radius 2 is 1.55 bits per heavy atom. The molecule has 0 radical (unpaired) electrons. The molecule has 0 atom stereocenters. The summed E-state index contributed by atoms with van der Waals surface area (Å²) in [7, 11) is 1.42. The van der Waals surface area contributed by atoms with Crippen LogP contribution in [0.5, 0.6) is 11.5 Å². The van der Waals surface area contributed by atoms with Gasteiger partial charge in [-0.15, -0.1) is 0 Å². The molecule has 0 spiro atoms. The summed E-state index contributed by atoms with van der Waals surface area (Å²) in [4.78, 5) is 47.0. The van der Waals surface area contributed by atoms with Crippen LogP contribution in [0.2, 0.25) is 0 Å². The van der Waals surface area contributed by atoms with Gasteiger partial charge in [-0.05, 0) is 38.1 Å². The van der Waals surface area contributed by atoms with Gasteiger partial charge in [0, 0.05) is 23.3 Å². The van der Waals surface area contributed by atoms with Gasteiger partial charge in [-0.3, -0.25) is 30.6 Å². The molecule has 11 nitrogen and oxygen atoms in total. The molecule has 0 unspecified atom stereocenters. The first-order valence-corrected chi connectivity index (χ1v) is 9.18. The Hall–Kier alpha value is -4.15. The first-order chi connectivity index (χ1) is 14.8. The van der Waals surface area contributed by atoms with Crippen molar-refractivity contribution in [2.75, 3.05) is 20.3 Å². The number of carbonyl (C=O) groups is 3. The van der Waals surface area contributed by atoms with Crippen LogP contribution in [0.15, 0.2) is 36.4 Å². The molecule has 0 aliphatic rings. The molecule has 0 saturated carbocycles. The number of non-ortho nitro benzene ring substituents is 1. The maximum Gasteiger partial charge on any atom is 0.338 e. The Labute approximate surface area is 177 Å². The van der Waals surface area contributed by atoms with E-state index in [0.29, 0.717) is 18.1 Å². The highest BCUT2D eigenvalue weighted by atomic mass is 16.6. The fourth-order valence-electron chi connectivity index (χ4n) is 2.52. The van der Waals surface area contributed by atoms with Crippen LogP contribution in [0.4, 0.5) is 5.69 Å². The molecule has 31 heavy (non-hydrogen) atoms.